The quantitative estimate of drug-likeness (QED) is 0.147. The largest absolute Gasteiger partial charge is 0.244 e. The molecule has 4 aliphatic rings. The molecule has 7 aromatic rings. The summed E-state index contributed by atoms with van der Waals surface area (Å²) in [6.45, 7) is 17.0. The molecule has 2 aliphatic carbocycles. The lowest BCUT2D eigenvalue weighted by atomic mass is 9.30. The molecule has 0 saturated carbocycles. The van der Waals surface area contributed by atoms with Crippen molar-refractivity contribution in [3.05, 3.63) is 137 Å². The molecule has 0 fully saturated rings. The summed E-state index contributed by atoms with van der Waals surface area (Å²) in [6.07, 6.45) is 0. The maximum atomic E-state index is 2.62. The molecule has 0 N–H and O–H groups in total. The lowest BCUT2D eigenvalue weighted by Gasteiger charge is -2.37. The molecule has 0 spiro atoms. The Hall–Kier alpha value is -4.88. The van der Waals surface area contributed by atoms with Crippen molar-refractivity contribution in [2.24, 2.45) is 0 Å². The van der Waals surface area contributed by atoms with Crippen LogP contribution in [0.5, 0.6) is 0 Å². The van der Waals surface area contributed by atoms with Crippen LogP contribution in [0, 0.1) is 0 Å². The first-order valence-electron chi connectivity index (χ1n) is 18.1. The number of hydrogen-bond donors (Lipinski definition) is 0. The molecular weight excluding hydrogens is 587 g/mol. The number of rotatable bonds is 0. The van der Waals surface area contributed by atoms with E-state index < -0.39 is 0 Å². The first kappa shape index (κ1) is 28.0. The Balaban J connectivity index is 1.36. The van der Waals surface area contributed by atoms with Gasteiger partial charge >= 0.3 is 0 Å². The van der Waals surface area contributed by atoms with E-state index in [2.05, 4.69) is 158 Å². The van der Waals surface area contributed by atoms with Crippen molar-refractivity contribution in [2.75, 3.05) is 0 Å². The normalized spacial score (nSPS) is 16.3. The molecule has 2 heterocycles. The number of benzene rings is 7. The van der Waals surface area contributed by atoms with Crippen LogP contribution in [-0.4, -0.2) is 6.71 Å². The highest BCUT2D eigenvalue weighted by atomic mass is 14.4. The van der Waals surface area contributed by atoms with Crippen LogP contribution in [-0.2, 0) is 16.2 Å². The molecule has 1 heteroatoms. The van der Waals surface area contributed by atoms with E-state index in [4.69, 9.17) is 0 Å². The van der Waals surface area contributed by atoms with Gasteiger partial charge in [0.1, 0.15) is 0 Å². The fraction of sp³-hybridized carbons (Fsp3) is 0.208. The van der Waals surface area contributed by atoms with Crippen molar-refractivity contribution in [1.29, 1.82) is 0 Å². The summed E-state index contributed by atoms with van der Waals surface area (Å²) in [7, 11) is 0. The third-order valence-corrected chi connectivity index (χ3v) is 13.0. The van der Waals surface area contributed by atoms with Crippen molar-refractivity contribution in [1.82, 2.24) is 0 Å². The third-order valence-electron chi connectivity index (χ3n) is 13.0. The van der Waals surface area contributed by atoms with E-state index in [0.717, 1.165) is 0 Å². The van der Waals surface area contributed by atoms with E-state index in [1.54, 1.807) is 0 Å². The molecule has 0 saturated heterocycles. The standard InChI is InChI=1S/C48H39B/c1-46(2,3)26-22-35-29-16-12-18-31-41(29)39(24-33-27-14-8-10-20-37(27)47(4,5)43(31)33)49-40-25-34-28-15-9-11-21-38(28)48(6,7)44(34)32-19-13-17-30(42(32)40)36(23-26)45(35)49/h8-25H,1-7H3. The van der Waals surface area contributed by atoms with Gasteiger partial charge in [0, 0.05) is 10.8 Å². The molecule has 0 aromatic heterocycles. The molecule has 0 radical (unpaired) electrons. The Labute approximate surface area is 289 Å². The zero-order chi connectivity index (χ0) is 33.4. The molecule has 234 valence electrons. The first-order chi connectivity index (χ1) is 23.5. The molecule has 0 nitrogen and oxygen atoms in total. The van der Waals surface area contributed by atoms with Gasteiger partial charge in [0.15, 0.2) is 0 Å². The lowest BCUT2D eigenvalue weighted by Crippen LogP contribution is -2.57. The van der Waals surface area contributed by atoms with E-state index in [1.807, 2.05) is 0 Å². The van der Waals surface area contributed by atoms with Gasteiger partial charge in [-0.1, -0.05) is 174 Å². The van der Waals surface area contributed by atoms with E-state index in [0.29, 0.717) is 0 Å². The second-order valence-corrected chi connectivity index (χ2v) is 17.2. The molecule has 0 bridgehead atoms. The van der Waals surface area contributed by atoms with E-state index in [-0.39, 0.29) is 23.0 Å². The van der Waals surface area contributed by atoms with Gasteiger partial charge in [0.2, 0.25) is 6.71 Å². The molecule has 11 rings (SSSR count). The predicted octanol–water partition coefficient (Wildman–Crippen LogP) is 10.4. The summed E-state index contributed by atoms with van der Waals surface area (Å²) >= 11 is 0. The fourth-order valence-corrected chi connectivity index (χ4v) is 10.8. The summed E-state index contributed by atoms with van der Waals surface area (Å²) in [5.74, 6) is 0. The highest BCUT2D eigenvalue weighted by Gasteiger charge is 2.45. The van der Waals surface area contributed by atoms with Gasteiger partial charge in [0.05, 0.1) is 0 Å². The van der Waals surface area contributed by atoms with Crippen LogP contribution in [0.25, 0.3) is 66.1 Å². The van der Waals surface area contributed by atoms with Gasteiger partial charge in [0.25, 0.3) is 0 Å². The Morgan fingerprint density at radius 1 is 0.449 bits per heavy atom. The fourth-order valence-electron chi connectivity index (χ4n) is 10.8. The molecule has 49 heavy (non-hydrogen) atoms. The minimum absolute atomic E-state index is 0.0204. The number of hydrogen-bond acceptors (Lipinski definition) is 0. The minimum Gasteiger partial charge on any atom is -0.0619 e. The molecular formula is C48H39B. The Morgan fingerprint density at radius 2 is 0.878 bits per heavy atom. The number of fused-ring (bicyclic) bond motifs is 12. The minimum atomic E-state index is -0.0724. The molecule has 0 amide bonds. The van der Waals surface area contributed by atoms with Crippen molar-refractivity contribution in [2.45, 2.75) is 64.7 Å². The van der Waals surface area contributed by atoms with Gasteiger partial charge in [-0.05, 0) is 99.3 Å². The Kier molecular flexibility index (Phi) is 4.94. The third kappa shape index (κ3) is 3.19. The molecule has 2 aliphatic heterocycles. The highest BCUT2D eigenvalue weighted by Crippen LogP contribution is 2.55. The van der Waals surface area contributed by atoms with Crippen LogP contribution in [0.15, 0.2) is 109 Å². The molecule has 7 aromatic carbocycles. The highest BCUT2D eigenvalue weighted by molar-refractivity contribution is 7.01. The van der Waals surface area contributed by atoms with Gasteiger partial charge in [-0.25, -0.2) is 0 Å². The second kappa shape index (κ2) is 8.64. The Morgan fingerprint density at radius 3 is 1.33 bits per heavy atom. The lowest BCUT2D eigenvalue weighted by molar-refractivity contribution is 0.591. The van der Waals surface area contributed by atoms with Crippen LogP contribution in [0.4, 0.5) is 0 Å². The monoisotopic (exact) mass is 626 g/mol. The SMILES string of the molecule is CC(C)(C)c1cc2c3c(c1)-c1cccc4c5c(cc(c14)B3c1cc3c(c4cccc-2c14)C(C)(C)c1ccccc1-3)-c1ccccc1C5(C)C. The zero-order valence-corrected chi connectivity index (χ0v) is 29.5. The summed E-state index contributed by atoms with van der Waals surface area (Å²) in [5, 5.41) is 5.74. The van der Waals surface area contributed by atoms with Crippen LogP contribution in [0.1, 0.15) is 76.3 Å². The van der Waals surface area contributed by atoms with Crippen molar-refractivity contribution in [3.63, 3.8) is 0 Å². The van der Waals surface area contributed by atoms with Gasteiger partial charge in [-0.15, -0.1) is 0 Å². The topological polar surface area (TPSA) is 0 Å². The van der Waals surface area contributed by atoms with Crippen LogP contribution >= 0.6 is 0 Å². The predicted molar refractivity (Wildman–Crippen MR) is 211 cm³/mol. The van der Waals surface area contributed by atoms with E-state index >= 15 is 0 Å². The van der Waals surface area contributed by atoms with Crippen LogP contribution in [0.2, 0.25) is 0 Å². The van der Waals surface area contributed by atoms with Gasteiger partial charge in [-0.2, -0.15) is 0 Å². The molecule has 0 atom stereocenters. The maximum absolute atomic E-state index is 2.62. The van der Waals surface area contributed by atoms with Crippen molar-refractivity contribution in [3.8, 4) is 44.5 Å². The van der Waals surface area contributed by atoms with E-state index in [9.17, 15) is 0 Å². The van der Waals surface area contributed by atoms with Crippen molar-refractivity contribution < 1.29 is 0 Å². The van der Waals surface area contributed by atoms with Crippen LogP contribution < -0.4 is 16.4 Å². The second-order valence-electron chi connectivity index (χ2n) is 17.2. The average molecular weight is 627 g/mol. The van der Waals surface area contributed by atoms with Crippen LogP contribution in [0.3, 0.4) is 0 Å². The summed E-state index contributed by atoms with van der Waals surface area (Å²) in [5.41, 5.74) is 22.8. The average Bonchev–Trinajstić information content (AvgIpc) is 3.47. The summed E-state index contributed by atoms with van der Waals surface area (Å²) in [4.78, 5) is 0. The smallest absolute Gasteiger partial charge is 0.0619 e. The molecule has 0 unspecified atom stereocenters. The van der Waals surface area contributed by atoms with Gasteiger partial charge < -0.3 is 0 Å². The van der Waals surface area contributed by atoms with Crippen molar-refractivity contribution >= 4 is 44.6 Å². The first-order valence-corrected chi connectivity index (χ1v) is 18.1. The summed E-state index contributed by atoms with van der Waals surface area (Å²) < 4.78 is 0. The maximum Gasteiger partial charge on any atom is 0.244 e. The zero-order valence-electron chi connectivity index (χ0n) is 29.5. The van der Waals surface area contributed by atoms with Gasteiger partial charge in [-0.3, -0.25) is 0 Å². The summed E-state index contributed by atoms with van der Waals surface area (Å²) in [6, 6.07) is 42.9. The Bertz CT molecular complexity index is 2520. The van der Waals surface area contributed by atoms with E-state index in [1.165, 1.54) is 110 Å².